The van der Waals surface area contributed by atoms with Crippen molar-refractivity contribution in [3.05, 3.63) is 18.2 Å². The van der Waals surface area contributed by atoms with Crippen molar-refractivity contribution < 1.29 is 4.79 Å². The van der Waals surface area contributed by atoms with Crippen molar-refractivity contribution >= 4 is 5.91 Å². The minimum atomic E-state index is 0.0177. The second kappa shape index (κ2) is 6.39. The Labute approximate surface area is 103 Å². The maximum Gasteiger partial charge on any atom is 0.272 e. The van der Waals surface area contributed by atoms with Gasteiger partial charge >= 0.3 is 0 Å². The summed E-state index contributed by atoms with van der Waals surface area (Å²) in [5.74, 6) is 0.0177. The monoisotopic (exact) mass is 238 g/mol. The summed E-state index contributed by atoms with van der Waals surface area (Å²) in [4.78, 5) is 18.2. The molecule has 1 heterocycles. The van der Waals surface area contributed by atoms with Gasteiger partial charge in [-0.15, -0.1) is 0 Å². The third-order valence-electron chi connectivity index (χ3n) is 3.05. The van der Waals surface area contributed by atoms with E-state index in [2.05, 4.69) is 18.8 Å². The summed E-state index contributed by atoms with van der Waals surface area (Å²) in [6, 6.07) is 0.251. The van der Waals surface area contributed by atoms with Gasteiger partial charge in [-0.25, -0.2) is 4.98 Å². The van der Waals surface area contributed by atoms with Crippen molar-refractivity contribution in [2.75, 3.05) is 13.1 Å². The minimum absolute atomic E-state index is 0.0177. The largest absolute Gasteiger partial charge is 0.333 e. The van der Waals surface area contributed by atoms with Crippen LogP contribution in [0.2, 0.25) is 0 Å². The van der Waals surface area contributed by atoms with Gasteiger partial charge in [0, 0.05) is 26.2 Å². The summed E-state index contributed by atoms with van der Waals surface area (Å²) in [6.45, 7) is 5.26. The SMILES string of the molecule is CCC(CC)N(CCN)C(=O)c1cncn1C. The van der Waals surface area contributed by atoms with Crippen molar-refractivity contribution in [1.82, 2.24) is 14.5 Å². The van der Waals surface area contributed by atoms with Crippen LogP contribution in [0.15, 0.2) is 12.5 Å². The molecule has 96 valence electrons. The fourth-order valence-corrected chi connectivity index (χ4v) is 2.03. The number of aromatic nitrogens is 2. The fourth-order valence-electron chi connectivity index (χ4n) is 2.03. The average Bonchev–Trinajstić information content (AvgIpc) is 2.75. The second-order valence-corrected chi connectivity index (χ2v) is 4.15. The molecule has 1 aromatic rings. The molecule has 5 heteroatoms. The average molecular weight is 238 g/mol. The van der Waals surface area contributed by atoms with Crippen LogP contribution in [0.25, 0.3) is 0 Å². The van der Waals surface area contributed by atoms with Crippen LogP contribution in [-0.2, 0) is 7.05 Å². The fraction of sp³-hybridized carbons (Fsp3) is 0.667. The van der Waals surface area contributed by atoms with E-state index in [0.29, 0.717) is 18.8 Å². The normalized spacial score (nSPS) is 10.9. The van der Waals surface area contributed by atoms with Gasteiger partial charge < -0.3 is 15.2 Å². The number of carbonyl (C=O) groups excluding carboxylic acids is 1. The third-order valence-corrected chi connectivity index (χ3v) is 3.05. The molecule has 0 atom stereocenters. The first-order valence-corrected chi connectivity index (χ1v) is 6.13. The number of aryl methyl sites for hydroxylation is 1. The lowest BCUT2D eigenvalue weighted by Gasteiger charge is -2.30. The number of imidazole rings is 1. The summed E-state index contributed by atoms with van der Waals surface area (Å²) in [6.07, 6.45) is 5.13. The highest BCUT2D eigenvalue weighted by atomic mass is 16.2. The zero-order valence-electron chi connectivity index (χ0n) is 10.9. The van der Waals surface area contributed by atoms with Crippen molar-refractivity contribution in [3.8, 4) is 0 Å². The summed E-state index contributed by atoms with van der Waals surface area (Å²) < 4.78 is 1.74. The van der Waals surface area contributed by atoms with Crippen LogP contribution in [0.3, 0.4) is 0 Å². The molecule has 0 aliphatic rings. The third kappa shape index (κ3) is 3.06. The first-order chi connectivity index (χ1) is 8.15. The lowest BCUT2D eigenvalue weighted by Crippen LogP contribution is -2.43. The van der Waals surface area contributed by atoms with Crippen LogP contribution in [0.4, 0.5) is 0 Å². The van der Waals surface area contributed by atoms with Gasteiger partial charge in [-0.1, -0.05) is 13.8 Å². The summed E-state index contributed by atoms with van der Waals surface area (Å²) in [5, 5.41) is 0. The number of hydrogen-bond donors (Lipinski definition) is 1. The van der Waals surface area contributed by atoms with E-state index >= 15 is 0 Å². The molecule has 17 heavy (non-hydrogen) atoms. The number of rotatable bonds is 6. The molecular formula is C12H22N4O. The zero-order valence-corrected chi connectivity index (χ0v) is 10.9. The van der Waals surface area contributed by atoms with Crippen molar-refractivity contribution in [2.24, 2.45) is 12.8 Å². The van der Waals surface area contributed by atoms with E-state index in [1.807, 2.05) is 11.9 Å². The molecule has 1 rings (SSSR count). The first-order valence-electron chi connectivity index (χ1n) is 6.13. The number of hydrogen-bond acceptors (Lipinski definition) is 3. The van der Waals surface area contributed by atoms with Crippen molar-refractivity contribution in [1.29, 1.82) is 0 Å². The van der Waals surface area contributed by atoms with Crippen molar-refractivity contribution in [3.63, 3.8) is 0 Å². The molecule has 0 bridgehead atoms. The smallest absolute Gasteiger partial charge is 0.272 e. The van der Waals surface area contributed by atoms with Crippen LogP contribution in [0, 0.1) is 0 Å². The molecule has 5 nitrogen and oxygen atoms in total. The molecule has 0 aromatic carbocycles. The Morgan fingerprint density at radius 1 is 1.53 bits per heavy atom. The van der Waals surface area contributed by atoms with Gasteiger partial charge in [0.1, 0.15) is 5.69 Å². The topological polar surface area (TPSA) is 64.2 Å². The number of carbonyl (C=O) groups is 1. The molecule has 2 N–H and O–H groups in total. The molecule has 0 unspecified atom stereocenters. The molecule has 1 aromatic heterocycles. The molecule has 0 saturated heterocycles. The maximum atomic E-state index is 12.4. The Kier molecular flexibility index (Phi) is 5.15. The highest BCUT2D eigenvalue weighted by Gasteiger charge is 2.23. The Hall–Kier alpha value is -1.36. The molecule has 0 radical (unpaired) electrons. The molecular weight excluding hydrogens is 216 g/mol. The highest BCUT2D eigenvalue weighted by Crippen LogP contribution is 2.12. The van der Waals surface area contributed by atoms with E-state index in [4.69, 9.17) is 5.73 Å². The Morgan fingerprint density at radius 3 is 2.59 bits per heavy atom. The predicted octanol–water partition coefficient (Wildman–Crippen LogP) is 1.01. The van der Waals surface area contributed by atoms with E-state index in [-0.39, 0.29) is 11.9 Å². The lowest BCUT2D eigenvalue weighted by atomic mass is 10.1. The molecule has 0 saturated carbocycles. The second-order valence-electron chi connectivity index (χ2n) is 4.15. The quantitative estimate of drug-likeness (QED) is 0.804. The molecule has 1 amide bonds. The maximum absolute atomic E-state index is 12.4. The summed E-state index contributed by atoms with van der Waals surface area (Å²) in [7, 11) is 1.83. The van der Waals surface area contributed by atoms with Crippen LogP contribution in [0.1, 0.15) is 37.2 Å². The summed E-state index contributed by atoms with van der Waals surface area (Å²) in [5.41, 5.74) is 6.21. The molecule has 0 aliphatic heterocycles. The Balaban J connectivity index is 2.91. The van der Waals surface area contributed by atoms with E-state index in [9.17, 15) is 4.79 Å². The summed E-state index contributed by atoms with van der Waals surface area (Å²) >= 11 is 0. The van der Waals surface area contributed by atoms with Gasteiger partial charge in [-0.2, -0.15) is 0 Å². The van der Waals surface area contributed by atoms with Gasteiger partial charge in [0.15, 0.2) is 0 Å². The Bertz CT molecular complexity index is 357. The molecule has 0 fully saturated rings. The van der Waals surface area contributed by atoms with E-state index in [1.165, 1.54) is 0 Å². The van der Waals surface area contributed by atoms with Crippen LogP contribution < -0.4 is 5.73 Å². The number of nitrogens with two attached hydrogens (primary N) is 1. The number of amides is 1. The zero-order chi connectivity index (χ0) is 12.8. The van der Waals surface area contributed by atoms with Crippen molar-refractivity contribution in [2.45, 2.75) is 32.7 Å². The standard InChI is InChI=1S/C12H22N4O/c1-4-10(5-2)16(7-6-13)12(17)11-8-14-9-15(11)3/h8-10H,4-7,13H2,1-3H3. The van der Waals surface area contributed by atoms with Gasteiger partial charge in [0.25, 0.3) is 5.91 Å². The first kappa shape index (κ1) is 13.7. The van der Waals surface area contributed by atoms with E-state index < -0.39 is 0 Å². The Morgan fingerprint density at radius 2 is 2.18 bits per heavy atom. The molecule has 0 aliphatic carbocycles. The molecule has 0 spiro atoms. The van der Waals surface area contributed by atoms with Crippen LogP contribution >= 0.6 is 0 Å². The van der Waals surface area contributed by atoms with E-state index in [1.54, 1.807) is 17.1 Å². The van der Waals surface area contributed by atoms with Crippen LogP contribution in [-0.4, -0.2) is 39.5 Å². The van der Waals surface area contributed by atoms with Gasteiger partial charge in [0.2, 0.25) is 0 Å². The van der Waals surface area contributed by atoms with Gasteiger partial charge in [0.05, 0.1) is 12.5 Å². The highest BCUT2D eigenvalue weighted by molar-refractivity contribution is 5.92. The van der Waals surface area contributed by atoms with Gasteiger partial charge in [-0.05, 0) is 12.8 Å². The minimum Gasteiger partial charge on any atom is -0.333 e. The lowest BCUT2D eigenvalue weighted by molar-refractivity contribution is 0.0664. The van der Waals surface area contributed by atoms with Crippen LogP contribution in [0.5, 0.6) is 0 Å². The predicted molar refractivity (Wildman–Crippen MR) is 67.7 cm³/mol. The van der Waals surface area contributed by atoms with Gasteiger partial charge in [-0.3, -0.25) is 4.79 Å². The van der Waals surface area contributed by atoms with E-state index in [0.717, 1.165) is 12.8 Å². The number of nitrogens with zero attached hydrogens (tertiary/aromatic N) is 3.